The summed E-state index contributed by atoms with van der Waals surface area (Å²) in [4.78, 5) is 16.1. The van der Waals surface area contributed by atoms with E-state index in [4.69, 9.17) is 9.15 Å². The fourth-order valence-electron chi connectivity index (χ4n) is 1.71. The second kappa shape index (κ2) is 6.04. The van der Waals surface area contributed by atoms with Gasteiger partial charge in [-0.1, -0.05) is 0 Å². The van der Waals surface area contributed by atoms with Crippen LogP contribution in [0.3, 0.4) is 0 Å². The molecule has 0 spiro atoms. The molecule has 0 aliphatic carbocycles. The minimum atomic E-state index is -0.350. The van der Waals surface area contributed by atoms with Crippen molar-refractivity contribution in [2.75, 3.05) is 6.61 Å². The van der Waals surface area contributed by atoms with Gasteiger partial charge in [0, 0.05) is 0 Å². The van der Waals surface area contributed by atoms with Gasteiger partial charge in [-0.15, -0.1) is 0 Å². The third-order valence-electron chi connectivity index (χ3n) is 2.58. The molecule has 1 aromatic heterocycles. The van der Waals surface area contributed by atoms with Crippen LogP contribution >= 0.6 is 0 Å². The van der Waals surface area contributed by atoms with Gasteiger partial charge in [0.15, 0.2) is 0 Å². The average Bonchev–Trinajstić information content (AvgIpc) is 2.35. The van der Waals surface area contributed by atoms with E-state index in [1.165, 1.54) is 6.07 Å². The molecule has 1 radical (unpaired) electrons. The Labute approximate surface area is 119 Å². The molecule has 1 aromatic carbocycles. The van der Waals surface area contributed by atoms with E-state index in [2.05, 4.69) is 21.0 Å². The molecule has 0 N–H and O–H groups in total. The van der Waals surface area contributed by atoms with Crippen molar-refractivity contribution in [3.8, 4) is 0 Å². The second-order valence-electron chi connectivity index (χ2n) is 4.16. The summed E-state index contributed by atoms with van der Waals surface area (Å²) in [5.41, 5.74) is 1.77. The molecule has 0 amide bonds. The molecular formula is C14H14NO3Se. The van der Waals surface area contributed by atoms with Crippen molar-refractivity contribution in [1.82, 2.24) is 0 Å². The van der Waals surface area contributed by atoms with Crippen molar-refractivity contribution >= 4 is 37.5 Å². The SMILES string of the molecule is CCCOC([Se])=Nc1ccc2c(C)cc(=O)oc2c1. The van der Waals surface area contributed by atoms with Gasteiger partial charge in [0.1, 0.15) is 0 Å². The van der Waals surface area contributed by atoms with E-state index in [1.54, 1.807) is 6.07 Å². The topological polar surface area (TPSA) is 51.8 Å². The summed E-state index contributed by atoms with van der Waals surface area (Å²) >= 11 is 2.77. The third kappa shape index (κ3) is 3.46. The molecule has 0 saturated heterocycles. The molecule has 0 aliphatic rings. The molecule has 4 nitrogen and oxygen atoms in total. The van der Waals surface area contributed by atoms with Crippen LogP contribution in [0.2, 0.25) is 0 Å². The van der Waals surface area contributed by atoms with Crippen molar-refractivity contribution in [2.24, 2.45) is 4.99 Å². The number of hydrogen-bond donors (Lipinski definition) is 0. The van der Waals surface area contributed by atoms with Crippen LogP contribution in [0.15, 0.2) is 38.5 Å². The number of hydrogen-bond acceptors (Lipinski definition) is 4. The molecular weight excluding hydrogens is 309 g/mol. The van der Waals surface area contributed by atoms with E-state index in [-0.39, 0.29) is 5.63 Å². The first-order chi connectivity index (χ1) is 9.10. The Morgan fingerprint density at radius 3 is 2.95 bits per heavy atom. The maximum atomic E-state index is 11.3. The summed E-state index contributed by atoms with van der Waals surface area (Å²) in [5, 5.41) is 0.912. The number of rotatable bonds is 3. The van der Waals surface area contributed by atoms with Gasteiger partial charge < -0.3 is 0 Å². The van der Waals surface area contributed by atoms with Crippen LogP contribution in [0.1, 0.15) is 18.9 Å². The van der Waals surface area contributed by atoms with Crippen molar-refractivity contribution in [1.29, 1.82) is 0 Å². The fourth-order valence-corrected chi connectivity index (χ4v) is 2.11. The number of fused-ring (bicyclic) bond motifs is 1. The predicted molar refractivity (Wildman–Crippen MR) is 76.3 cm³/mol. The van der Waals surface area contributed by atoms with E-state index in [0.29, 0.717) is 22.7 Å². The van der Waals surface area contributed by atoms with Gasteiger partial charge in [0.05, 0.1) is 0 Å². The van der Waals surface area contributed by atoms with Gasteiger partial charge in [0.2, 0.25) is 0 Å². The normalized spacial score (nSPS) is 11.8. The van der Waals surface area contributed by atoms with Crippen LogP contribution < -0.4 is 5.63 Å². The Morgan fingerprint density at radius 1 is 1.42 bits per heavy atom. The molecule has 0 saturated carbocycles. The number of ether oxygens (including phenoxy) is 1. The number of benzene rings is 1. The number of aliphatic imine (C=N–C) groups is 1. The fraction of sp³-hybridized carbons (Fsp3) is 0.286. The third-order valence-corrected chi connectivity index (χ3v) is 3.02. The van der Waals surface area contributed by atoms with Gasteiger partial charge in [-0.3, -0.25) is 0 Å². The molecule has 2 rings (SSSR count). The van der Waals surface area contributed by atoms with E-state index >= 15 is 0 Å². The van der Waals surface area contributed by atoms with Gasteiger partial charge >= 0.3 is 119 Å². The summed E-state index contributed by atoms with van der Waals surface area (Å²) in [6.45, 7) is 4.53. The molecule has 0 unspecified atom stereocenters. The first-order valence-corrected chi connectivity index (χ1v) is 6.89. The van der Waals surface area contributed by atoms with Crippen molar-refractivity contribution < 1.29 is 9.15 Å². The van der Waals surface area contributed by atoms with Crippen LogP contribution in [0.4, 0.5) is 5.69 Å². The summed E-state index contributed by atoms with van der Waals surface area (Å²) in [7, 11) is 0. The molecule has 1 heterocycles. The van der Waals surface area contributed by atoms with Crippen molar-refractivity contribution in [3.05, 3.63) is 40.2 Å². The van der Waals surface area contributed by atoms with E-state index < -0.39 is 0 Å². The molecule has 0 atom stereocenters. The molecule has 0 aliphatic heterocycles. The Balaban J connectivity index is 2.39. The zero-order valence-corrected chi connectivity index (χ0v) is 12.5. The van der Waals surface area contributed by atoms with Crippen molar-refractivity contribution in [2.45, 2.75) is 20.3 Å². The average molecular weight is 323 g/mol. The number of nitrogens with zero attached hydrogens (tertiary/aromatic N) is 1. The van der Waals surface area contributed by atoms with Crippen LogP contribution in [0.25, 0.3) is 11.0 Å². The van der Waals surface area contributed by atoms with E-state index in [0.717, 1.165) is 17.4 Å². The van der Waals surface area contributed by atoms with Gasteiger partial charge in [-0.25, -0.2) is 0 Å². The maximum absolute atomic E-state index is 11.3. The zero-order valence-electron chi connectivity index (χ0n) is 10.8. The summed E-state index contributed by atoms with van der Waals surface area (Å²) in [6, 6.07) is 6.96. The Bertz CT molecular complexity index is 676. The van der Waals surface area contributed by atoms with Gasteiger partial charge in [0.25, 0.3) is 0 Å². The minimum absolute atomic E-state index is 0.350. The first-order valence-electron chi connectivity index (χ1n) is 6.03. The Kier molecular flexibility index (Phi) is 4.40. The molecule has 19 heavy (non-hydrogen) atoms. The van der Waals surface area contributed by atoms with Crippen LogP contribution in [-0.2, 0) is 4.74 Å². The van der Waals surface area contributed by atoms with Gasteiger partial charge in [-0.05, 0) is 0 Å². The molecule has 2 aromatic rings. The first kappa shape index (κ1) is 13.8. The van der Waals surface area contributed by atoms with E-state index in [1.807, 2.05) is 26.0 Å². The molecule has 99 valence electrons. The Morgan fingerprint density at radius 2 is 2.21 bits per heavy atom. The molecule has 0 bridgehead atoms. The Hall–Kier alpha value is -1.58. The zero-order chi connectivity index (χ0) is 13.8. The standard InChI is InChI=1S/C14H14NO3Se/c1-3-6-17-14(19)15-10-4-5-11-9(2)7-13(16)18-12(11)8-10/h4-5,7-8H,3,6H2,1-2H3. The van der Waals surface area contributed by atoms with Crippen LogP contribution in [-0.4, -0.2) is 27.4 Å². The summed E-state index contributed by atoms with van der Waals surface area (Å²) < 4.78 is 10.5. The summed E-state index contributed by atoms with van der Waals surface area (Å²) in [5.74, 6) is 0. The van der Waals surface area contributed by atoms with E-state index in [9.17, 15) is 4.79 Å². The molecule has 0 fully saturated rings. The van der Waals surface area contributed by atoms with Crippen LogP contribution in [0, 0.1) is 6.92 Å². The number of aryl methyl sites for hydroxylation is 1. The van der Waals surface area contributed by atoms with Crippen LogP contribution in [0.5, 0.6) is 0 Å². The second-order valence-corrected chi connectivity index (χ2v) is 4.89. The monoisotopic (exact) mass is 324 g/mol. The predicted octanol–water partition coefficient (Wildman–Crippen LogP) is 2.68. The van der Waals surface area contributed by atoms with Gasteiger partial charge in [-0.2, -0.15) is 0 Å². The summed E-state index contributed by atoms with van der Waals surface area (Å²) in [6.07, 6.45) is 0.923. The molecule has 5 heteroatoms. The van der Waals surface area contributed by atoms with Crippen molar-refractivity contribution in [3.63, 3.8) is 0 Å². The quantitative estimate of drug-likeness (QED) is 0.378.